The summed E-state index contributed by atoms with van der Waals surface area (Å²) in [7, 11) is -3.37. The van der Waals surface area contributed by atoms with Crippen LogP contribution in [0.15, 0.2) is 15.7 Å². The number of rotatable bonds is 7. The summed E-state index contributed by atoms with van der Waals surface area (Å²) in [6.45, 7) is 0.388. The third-order valence-corrected chi connectivity index (χ3v) is 5.80. The Balaban J connectivity index is 1.84. The molecule has 1 heterocycles. The molecular formula is C11H17NO3S2. The zero-order valence-corrected chi connectivity index (χ0v) is 11.2. The number of sulfonamides is 1. The number of nitrogens with one attached hydrogen (secondary N) is 1. The van der Waals surface area contributed by atoms with E-state index in [0.29, 0.717) is 12.1 Å². The summed E-state index contributed by atoms with van der Waals surface area (Å²) in [5.74, 6) is 0.835. The number of hydrogen-bond acceptors (Lipinski definition) is 4. The van der Waals surface area contributed by atoms with Gasteiger partial charge in [-0.3, -0.25) is 0 Å². The van der Waals surface area contributed by atoms with Crippen LogP contribution < -0.4 is 4.72 Å². The largest absolute Gasteiger partial charge is 0.392 e. The van der Waals surface area contributed by atoms with Gasteiger partial charge in [0.2, 0.25) is 10.0 Å². The standard InChI is InChI=1S/C11H17NO3S2/c13-7-10-6-11(16-8-10)17(14,15)12-5-1-2-9-3-4-9/h6,8-9,12-13H,1-5,7H2. The van der Waals surface area contributed by atoms with Gasteiger partial charge in [-0.1, -0.05) is 12.8 Å². The van der Waals surface area contributed by atoms with E-state index in [-0.39, 0.29) is 10.8 Å². The van der Waals surface area contributed by atoms with Gasteiger partial charge in [0, 0.05) is 6.54 Å². The molecule has 0 spiro atoms. The van der Waals surface area contributed by atoms with E-state index in [4.69, 9.17) is 5.11 Å². The molecule has 2 rings (SSSR count). The molecule has 0 amide bonds. The normalized spacial score (nSPS) is 16.3. The topological polar surface area (TPSA) is 66.4 Å². The fourth-order valence-electron chi connectivity index (χ4n) is 1.65. The van der Waals surface area contributed by atoms with Gasteiger partial charge in [0.15, 0.2) is 0 Å². The second-order valence-electron chi connectivity index (χ2n) is 4.42. The molecule has 1 fully saturated rings. The van der Waals surface area contributed by atoms with Crippen LogP contribution in [0.4, 0.5) is 0 Å². The zero-order chi connectivity index (χ0) is 12.3. The van der Waals surface area contributed by atoms with Crippen molar-refractivity contribution in [3.8, 4) is 0 Å². The number of aliphatic hydroxyl groups excluding tert-OH is 1. The van der Waals surface area contributed by atoms with Gasteiger partial charge in [0.05, 0.1) is 6.61 Å². The molecule has 1 aromatic rings. The molecule has 6 heteroatoms. The van der Waals surface area contributed by atoms with Crippen LogP contribution in [0.1, 0.15) is 31.2 Å². The molecule has 0 aliphatic heterocycles. The first-order valence-electron chi connectivity index (χ1n) is 5.80. The summed E-state index contributed by atoms with van der Waals surface area (Å²) in [5.41, 5.74) is 0.647. The first kappa shape index (κ1) is 13.0. The van der Waals surface area contributed by atoms with Gasteiger partial charge in [-0.15, -0.1) is 11.3 Å². The molecule has 0 aromatic carbocycles. The fourth-order valence-corrected chi connectivity index (χ4v) is 3.97. The van der Waals surface area contributed by atoms with Crippen LogP contribution in [0.3, 0.4) is 0 Å². The summed E-state index contributed by atoms with van der Waals surface area (Å²) >= 11 is 1.15. The number of thiophene rings is 1. The minimum absolute atomic E-state index is 0.117. The first-order valence-corrected chi connectivity index (χ1v) is 8.16. The monoisotopic (exact) mass is 275 g/mol. The quantitative estimate of drug-likeness (QED) is 0.744. The number of aliphatic hydroxyl groups is 1. The van der Waals surface area contributed by atoms with Gasteiger partial charge in [0.1, 0.15) is 4.21 Å². The molecule has 0 unspecified atom stereocenters. The van der Waals surface area contributed by atoms with Crippen molar-refractivity contribution in [2.75, 3.05) is 6.54 Å². The molecule has 1 aliphatic rings. The molecule has 1 aromatic heterocycles. The Morgan fingerprint density at radius 1 is 1.47 bits per heavy atom. The fraction of sp³-hybridized carbons (Fsp3) is 0.636. The third kappa shape index (κ3) is 3.77. The lowest BCUT2D eigenvalue weighted by atomic mass is 10.2. The molecule has 4 nitrogen and oxygen atoms in total. The summed E-state index contributed by atoms with van der Waals surface area (Å²) in [5, 5.41) is 10.6. The highest BCUT2D eigenvalue weighted by molar-refractivity contribution is 7.91. The van der Waals surface area contributed by atoms with E-state index in [9.17, 15) is 8.42 Å². The van der Waals surface area contributed by atoms with Crippen molar-refractivity contribution in [2.24, 2.45) is 5.92 Å². The van der Waals surface area contributed by atoms with Crippen LogP contribution in [0.2, 0.25) is 0 Å². The molecule has 2 N–H and O–H groups in total. The third-order valence-electron chi connectivity index (χ3n) is 2.86. The Kier molecular flexibility index (Phi) is 4.19. The van der Waals surface area contributed by atoms with Gasteiger partial charge in [-0.25, -0.2) is 13.1 Å². The number of hydrogen-bond donors (Lipinski definition) is 2. The summed E-state index contributed by atoms with van der Waals surface area (Å²) in [6.07, 6.45) is 4.63. The van der Waals surface area contributed by atoms with Crippen molar-refractivity contribution in [1.29, 1.82) is 0 Å². The maximum atomic E-state index is 11.8. The van der Waals surface area contributed by atoms with Gasteiger partial charge in [-0.05, 0) is 35.8 Å². The van der Waals surface area contributed by atoms with Crippen LogP contribution in [-0.2, 0) is 16.6 Å². The van der Waals surface area contributed by atoms with E-state index in [1.54, 1.807) is 5.38 Å². The first-order chi connectivity index (χ1) is 8.12. The lowest BCUT2D eigenvalue weighted by Gasteiger charge is -2.03. The predicted molar refractivity (Wildman–Crippen MR) is 67.4 cm³/mol. The van der Waals surface area contributed by atoms with Gasteiger partial charge in [-0.2, -0.15) is 0 Å². The van der Waals surface area contributed by atoms with E-state index in [1.165, 1.54) is 18.9 Å². The minimum atomic E-state index is -3.37. The van der Waals surface area contributed by atoms with E-state index in [1.807, 2.05) is 0 Å². The molecule has 0 saturated heterocycles. The lowest BCUT2D eigenvalue weighted by Crippen LogP contribution is -2.24. The molecule has 0 atom stereocenters. The molecule has 0 radical (unpaired) electrons. The Hall–Kier alpha value is -0.430. The van der Waals surface area contributed by atoms with Crippen LogP contribution in [-0.4, -0.2) is 20.1 Å². The highest BCUT2D eigenvalue weighted by atomic mass is 32.2. The van der Waals surface area contributed by atoms with E-state index >= 15 is 0 Å². The lowest BCUT2D eigenvalue weighted by molar-refractivity contribution is 0.282. The second-order valence-corrected chi connectivity index (χ2v) is 7.32. The van der Waals surface area contributed by atoms with E-state index in [2.05, 4.69) is 4.72 Å². The average Bonchev–Trinajstić information content (AvgIpc) is 2.98. The Labute approximate surface area is 106 Å². The SMILES string of the molecule is O=S(=O)(NCCCC1CC1)c1cc(CO)cs1. The molecule has 1 saturated carbocycles. The summed E-state index contributed by atoms with van der Waals surface area (Å²) < 4.78 is 26.6. The smallest absolute Gasteiger partial charge is 0.250 e. The van der Waals surface area contributed by atoms with Crippen LogP contribution in [0.5, 0.6) is 0 Å². The molecule has 0 bridgehead atoms. The average molecular weight is 275 g/mol. The Morgan fingerprint density at radius 3 is 2.82 bits per heavy atom. The summed E-state index contributed by atoms with van der Waals surface area (Å²) in [6, 6.07) is 1.52. The van der Waals surface area contributed by atoms with Crippen molar-refractivity contribution in [3.63, 3.8) is 0 Å². The van der Waals surface area contributed by atoms with Gasteiger partial charge < -0.3 is 5.11 Å². The van der Waals surface area contributed by atoms with Crippen molar-refractivity contribution >= 4 is 21.4 Å². The molecule has 17 heavy (non-hydrogen) atoms. The van der Waals surface area contributed by atoms with Crippen LogP contribution in [0, 0.1) is 5.92 Å². The highest BCUT2D eigenvalue weighted by Crippen LogP contribution is 2.33. The molecular weight excluding hydrogens is 258 g/mol. The van der Waals surface area contributed by atoms with Crippen LogP contribution >= 0.6 is 11.3 Å². The maximum absolute atomic E-state index is 11.8. The van der Waals surface area contributed by atoms with Crippen molar-refractivity contribution in [3.05, 3.63) is 17.0 Å². The van der Waals surface area contributed by atoms with Crippen molar-refractivity contribution in [1.82, 2.24) is 4.72 Å². The second kappa shape index (κ2) is 5.48. The van der Waals surface area contributed by atoms with Crippen LogP contribution in [0.25, 0.3) is 0 Å². The van der Waals surface area contributed by atoms with Gasteiger partial charge in [0.25, 0.3) is 0 Å². The summed E-state index contributed by atoms with van der Waals surface area (Å²) in [4.78, 5) is 0. The highest BCUT2D eigenvalue weighted by Gasteiger charge is 2.21. The minimum Gasteiger partial charge on any atom is -0.392 e. The van der Waals surface area contributed by atoms with E-state index in [0.717, 1.165) is 30.1 Å². The van der Waals surface area contributed by atoms with Crippen molar-refractivity contribution < 1.29 is 13.5 Å². The Bertz CT molecular complexity index is 463. The predicted octanol–water partition coefficient (Wildman–Crippen LogP) is 1.71. The van der Waals surface area contributed by atoms with Gasteiger partial charge >= 0.3 is 0 Å². The maximum Gasteiger partial charge on any atom is 0.250 e. The zero-order valence-electron chi connectivity index (χ0n) is 9.55. The molecule has 96 valence electrons. The molecule has 1 aliphatic carbocycles. The Morgan fingerprint density at radius 2 is 2.24 bits per heavy atom. The van der Waals surface area contributed by atoms with E-state index < -0.39 is 10.0 Å². The van der Waals surface area contributed by atoms with Crippen molar-refractivity contribution in [2.45, 2.75) is 36.5 Å².